The first-order valence-corrected chi connectivity index (χ1v) is 9.99. The van der Waals surface area contributed by atoms with Crippen molar-refractivity contribution in [3.05, 3.63) is 84.2 Å². The highest BCUT2D eigenvalue weighted by Gasteiger charge is 2.22. The highest BCUT2D eigenvalue weighted by atomic mass is 16.2. The lowest BCUT2D eigenvalue weighted by Crippen LogP contribution is -2.49. The first kappa shape index (κ1) is 18.9. The molecule has 0 spiro atoms. The van der Waals surface area contributed by atoms with Crippen LogP contribution in [-0.4, -0.2) is 53.5 Å². The molecule has 0 aliphatic carbocycles. The number of rotatable bonds is 6. The van der Waals surface area contributed by atoms with Crippen LogP contribution in [0.4, 0.5) is 11.6 Å². The summed E-state index contributed by atoms with van der Waals surface area (Å²) in [5.74, 6) is 1.79. The number of nitrogens with one attached hydrogen (secondary N) is 1. The Morgan fingerprint density at radius 3 is 2.38 bits per heavy atom. The molecule has 1 aliphatic heterocycles. The van der Waals surface area contributed by atoms with Crippen LogP contribution in [0.25, 0.3) is 0 Å². The van der Waals surface area contributed by atoms with Gasteiger partial charge in [-0.15, -0.1) is 0 Å². The van der Waals surface area contributed by atoms with Crippen LogP contribution in [0.5, 0.6) is 0 Å². The maximum atomic E-state index is 12.8. The molecule has 1 amide bonds. The van der Waals surface area contributed by atoms with Crippen molar-refractivity contribution in [1.29, 1.82) is 0 Å². The van der Waals surface area contributed by atoms with E-state index in [-0.39, 0.29) is 5.91 Å². The summed E-state index contributed by atoms with van der Waals surface area (Å²) in [5, 5.41) is 3.31. The van der Waals surface area contributed by atoms with Gasteiger partial charge in [-0.05, 0) is 36.2 Å². The summed E-state index contributed by atoms with van der Waals surface area (Å²) in [5.41, 5.74) is 1.92. The molecule has 6 heteroatoms. The molecule has 29 heavy (non-hydrogen) atoms. The zero-order valence-corrected chi connectivity index (χ0v) is 16.4. The number of piperazine rings is 1. The van der Waals surface area contributed by atoms with E-state index in [2.05, 4.69) is 32.3 Å². The monoisotopic (exact) mass is 387 g/mol. The predicted molar refractivity (Wildman–Crippen MR) is 115 cm³/mol. The van der Waals surface area contributed by atoms with Crippen molar-refractivity contribution in [2.45, 2.75) is 6.42 Å². The standard InChI is InChI=1S/C23H25N5O/c29-23(28-16-14-27(15-17-28)22-8-4-5-12-25-22)20-9-10-21(26-18-20)24-13-11-19-6-2-1-3-7-19/h1-10,12,18H,11,13-17H2,(H,24,26). The fourth-order valence-corrected chi connectivity index (χ4v) is 3.47. The van der Waals surface area contributed by atoms with Crippen LogP contribution in [-0.2, 0) is 6.42 Å². The van der Waals surface area contributed by atoms with Crippen molar-refractivity contribution in [3.63, 3.8) is 0 Å². The Morgan fingerprint density at radius 1 is 0.897 bits per heavy atom. The zero-order valence-electron chi connectivity index (χ0n) is 16.4. The van der Waals surface area contributed by atoms with Crippen LogP contribution in [0, 0.1) is 0 Å². The Labute approximate surface area is 171 Å². The summed E-state index contributed by atoms with van der Waals surface area (Å²) in [4.78, 5) is 25.7. The quantitative estimate of drug-likeness (QED) is 0.704. The average molecular weight is 387 g/mol. The van der Waals surface area contributed by atoms with E-state index in [9.17, 15) is 4.79 Å². The van der Waals surface area contributed by atoms with Crippen LogP contribution in [0.3, 0.4) is 0 Å². The fourth-order valence-electron chi connectivity index (χ4n) is 3.47. The van der Waals surface area contributed by atoms with Gasteiger partial charge < -0.3 is 15.1 Å². The lowest BCUT2D eigenvalue weighted by atomic mass is 10.1. The number of pyridine rings is 2. The molecule has 0 unspecified atom stereocenters. The Balaban J connectivity index is 1.27. The third-order valence-corrected chi connectivity index (χ3v) is 5.11. The van der Waals surface area contributed by atoms with Gasteiger partial charge in [-0.3, -0.25) is 4.79 Å². The highest BCUT2D eigenvalue weighted by molar-refractivity contribution is 5.94. The van der Waals surface area contributed by atoms with Gasteiger partial charge in [0, 0.05) is 45.1 Å². The van der Waals surface area contributed by atoms with Crippen molar-refractivity contribution < 1.29 is 4.79 Å². The molecule has 0 saturated carbocycles. The number of amides is 1. The molecule has 1 aromatic carbocycles. The first-order chi connectivity index (χ1) is 14.3. The SMILES string of the molecule is O=C(c1ccc(NCCc2ccccc2)nc1)N1CCN(c2ccccn2)CC1. The molecule has 1 fully saturated rings. The maximum absolute atomic E-state index is 12.8. The molecule has 1 N–H and O–H groups in total. The second-order valence-electron chi connectivity index (χ2n) is 7.06. The molecule has 148 valence electrons. The Kier molecular flexibility index (Phi) is 6.00. The molecule has 6 nitrogen and oxygen atoms in total. The third-order valence-electron chi connectivity index (χ3n) is 5.11. The molecule has 0 atom stereocenters. The minimum Gasteiger partial charge on any atom is -0.370 e. The van der Waals surface area contributed by atoms with Gasteiger partial charge in [0.2, 0.25) is 0 Å². The average Bonchev–Trinajstić information content (AvgIpc) is 2.80. The van der Waals surface area contributed by atoms with E-state index in [4.69, 9.17) is 0 Å². The molecular formula is C23H25N5O. The zero-order chi connectivity index (χ0) is 19.9. The Morgan fingerprint density at radius 2 is 1.69 bits per heavy atom. The summed E-state index contributed by atoms with van der Waals surface area (Å²) in [7, 11) is 0. The van der Waals surface area contributed by atoms with E-state index in [1.54, 1.807) is 12.4 Å². The van der Waals surface area contributed by atoms with Gasteiger partial charge in [-0.25, -0.2) is 9.97 Å². The largest absolute Gasteiger partial charge is 0.370 e. The van der Waals surface area contributed by atoms with Crippen LogP contribution < -0.4 is 10.2 Å². The summed E-state index contributed by atoms with van der Waals surface area (Å²) in [6, 6.07) is 20.0. The normalized spacial score (nSPS) is 13.9. The molecule has 4 rings (SSSR count). The number of aromatic nitrogens is 2. The summed E-state index contributed by atoms with van der Waals surface area (Å²) in [6.07, 6.45) is 4.40. The summed E-state index contributed by atoms with van der Waals surface area (Å²) >= 11 is 0. The first-order valence-electron chi connectivity index (χ1n) is 9.99. The Hall–Kier alpha value is -3.41. The lowest BCUT2D eigenvalue weighted by molar-refractivity contribution is 0.0746. The van der Waals surface area contributed by atoms with Crippen molar-refractivity contribution in [2.75, 3.05) is 42.9 Å². The van der Waals surface area contributed by atoms with Crippen molar-refractivity contribution in [3.8, 4) is 0 Å². The predicted octanol–water partition coefficient (Wildman–Crippen LogP) is 3.09. The number of hydrogen-bond donors (Lipinski definition) is 1. The number of benzene rings is 1. The van der Waals surface area contributed by atoms with Gasteiger partial charge in [-0.1, -0.05) is 36.4 Å². The second-order valence-corrected chi connectivity index (χ2v) is 7.06. The smallest absolute Gasteiger partial charge is 0.255 e. The van der Waals surface area contributed by atoms with Gasteiger partial charge in [0.25, 0.3) is 5.91 Å². The van der Waals surface area contributed by atoms with E-state index < -0.39 is 0 Å². The minimum atomic E-state index is 0.0361. The Bertz CT molecular complexity index is 907. The molecule has 3 heterocycles. The maximum Gasteiger partial charge on any atom is 0.255 e. The molecule has 2 aromatic heterocycles. The van der Waals surface area contributed by atoms with Crippen molar-refractivity contribution in [2.24, 2.45) is 0 Å². The number of hydrogen-bond acceptors (Lipinski definition) is 5. The molecule has 3 aromatic rings. The number of anilines is 2. The van der Waals surface area contributed by atoms with E-state index >= 15 is 0 Å². The van der Waals surface area contributed by atoms with E-state index in [1.807, 2.05) is 53.4 Å². The van der Waals surface area contributed by atoms with Crippen LogP contribution >= 0.6 is 0 Å². The van der Waals surface area contributed by atoms with Crippen LogP contribution in [0.2, 0.25) is 0 Å². The van der Waals surface area contributed by atoms with Crippen LogP contribution in [0.1, 0.15) is 15.9 Å². The number of carbonyl (C=O) groups is 1. The van der Waals surface area contributed by atoms with E-state index in [0.29, 0.717) is 18.7 Å². The van der Waals surface area contributed by atoms with Crippen molar-refractivity contribution >= 4 is 17.5 Å². The van der Waals surface area contributed by atoms with Gasteiger partial charge in [-0.2, -0.15) is 0 Å². The second kappa shape index (κ2) is 9.19. The summed E-state index contributed by atoms with van der Waals surface area (Å²) in [6.45, 7) is 3.75. The van der Waals surface area contributed by atoms with Crippen LogP contribution in [0.15, 0.2) is 73.1 Å². The van der Waals surface area contributed by atoms with Gasteiger partial charge in [0.15, 0.2) is 0 Å². The van der Waals surface area contributed by atoms with Gasteiger partial charge in [0.1, 0.15) is 11.6 Å². The number of carbonyl (C=O) groups excluding carboxylic acids is 1. The third kappa shape index (κ3) is 4.90. The topological polar surface area (TPSA) is 61.4 Å². The molecular weight excluding hydrogens is 362 g/mol. The van der Waals surface area contributed by atoms with Crippen molar-refractivity contribution in [1.82, 2.24) is 14.9 Å². The molecule has 0 radical (unpaired) electrons. The molecule has 1 aliphatic rings. The highest BCUT2D eigenvalue weighted by Crippen LogP contribution is 2.15. The fraction of sp³-hybridized carbons (Fsp3) is 0.261. The molecule has 1 saturated heterocycles. The van der Waals surface area contributed by atoms with E-state index in [0.717, 1.165) is 37.7 Å². The van der Waals surface area contributed by atoms with Gasteiger partial charge in [0.05, 0.1) is 5.56 Å². The summed E-state index contributed by atoms with van der Waals surface area (Å²) < 4.78 is 0. The van der Waals surface area contributed by atoms with E-state index in [1.165, 1.54) is 5.56 Å². The minimum absolute atomic E-state index is 0.0361. The lowest BCUT2D eigenvalue weighted by Gasteiger charge is -2.35. The molecule has 0 bridgehead atoms. The van der Waals surface area contributed by atoms with Gasteiger partial charge >= 0.3 is 0 Å². The number of nitrogens with zero attached hydrogens (tertiary/aromatic N) is 4.